The molecule has 0 spiro atoms. The van der Waals surface area contributed by atoms with Crippen molar-refractivity contribution in [3.05, 3.63) is 54.0 Å². The number of carbonyl (C=O) groups excluding carboxylic acids is 1. The van der Waals surface area contributed by atoms with Crippen LogP contribution in [0.25, 0.3) is 22.5 Å². The highest BCUT2D eigenvalue weighted by Gasteiger charge is 2.24. The van der Waals surface area contributed by atoms with E-state index in [0.717, 1.165) is 53.4 Å². The summed E-state index contributed by atoms with van der Waals surface area (Å²) >= 11 is 0. The summed E-state index contributed by atoms with van der Waals surface area (Å²) in [6, 6.07) is 6.01. The molecule has 7 heteroatoms. The molecular weight excluding hydrogens is 392 g/mol. The maximum atomic E-state index is 12.9. The summed E-state index contributed by atoms with van der Waals surface area (Å²) in [4.78, 5) is 15.1. The second kappa shape index (κ2) is 8.59. The SMILES string of the molecule is C=C(c1c(C)c(C(=O)OC(C)C)cc2cc(-c3ccnn3CC)cn12)N1CCOCC1. The first-order valence-electron chi connectivity index (χ1n) is 10.8. The van der Waals surface area contributed by atoms with E-state index in [2.05, 4.69) is 40.2 Å². The van der Waals surface area contributed by atoms with E-state index in [1.54, 1.807) is 0 Å². The minimum absolute atomic E-state index is 0.185. The first-order valence-corrected chi connectivity index (χ1v) is 10.8. The molecule has 0 aromatic carbocycles. The van der Waals surface area contributed by atoms with Crippen LogP contribution < -0.4 is 0 Å². The molecule has 0 atom stereocenters. The van der Waals surface area contributed by atoms with Crippen molar-refractivity contribution in [2.24, 2.45) is 0 Å². The molecule has 1 aliphatic heterocycles. The highest BCUT2D eigenvalue weighted by atomic mass is 16.5. The van der Waals surface area contributed by atoms with Gasteiger partial charge in [0, 0.05) is 43.1 Å². The first-order chi connectivity index (χ1) is 14.9. The molecule has 1 aliphatic rings. The smallest absolute Gasteiger partial charge is 0.338 e. The lowest BCUT2D eigenvalue weighted by Crippen LogP contribution is -2.35. The molecule has 0 amide bonds. The average Bonchev–Trinajstić information content (AvgIpc) is 3.39. The summed E-state index contributed by atoms with van der Waals surface area (Å²) in [5.74, 6) is -0.313. The van der Waals surface area contributed by atoms with Crippen LogP contribution in [0.3, 0.4) is 0 Å². The average molecular weight is 423 g/mol. The van der Waals surface area contributed by atoms with Crippen LogP contribution in [0.15, 0.2) is 37.2 Å². The molecule has 0 N–H and O–H groups in total. The summed E-state index contributed by atoms with van der Waals surface area (Å²) in [6.45, 7) is 15.8. The number of pyridine rings is 1. The molecule has 0 saturated carbocycles. The van der Waals surface area contributed by atoms with Crippen LogP contribution in [-0.2, 0) is 16.0 Å². The summed E-state index contributed by atoms with van der Waals surface area (Å²) in [7, 11) is 0. The Hall–Kier alpha value is -3.06. The number of aryl methyl sites for hydroxylation is 1. The molecule has 7 nitrogen and oxygen atoms in total. The van der Waals surface area contributed by atoms with E-state index >= 15 is 0 Å². The lowest BCUT2D eigenvalue weighted by atomic mass is 10.0. The molecule has 0 aliphatic carbocycles. The molecule has 4 heterocycles. The van der Waals surface area contributed by atoms with Gasteiger partial charge in [0.05, 0.1) is 42.0 Å². The molecule has 0 bridgehead atoms. The topological polar surface area (TPSA) is 61.0 Å². The Labute approximate surface area is 182 Å². The number of rotatable bonds is 6. The van der Waals surface area contributed by atoms with E-state index in [4.69, 9.17) is 9.47 Å². The van der Waals surface area contributed by atoms with E-state index in [-0.39, 0.29) is 12.1 Å². The zero-order chi connectivity index (χ0) is 22.1. The normalized spacial score (nSPS) is 14.4. The van der Waals surface area contributed by atoms with Crippen LogP contribution in [0.2, 0.25) is 0 Å². The van der Waals surface area contributed by atoms with Gasteiger partial charge in [-0.2, -0.15) is 5.10 Å². The maximum Gasteiger partial charge on any atom is 0.338 e. The molecule has 0 radical (unpaired) electrons. The largest absolute Gasteiger partial charge is 0.459 e. The number of fused-ring (bicyclic) bond motifs is 1. The Morgan fingerprint density at radius 2 is 2.03 bits per heavy atom. The van der Waals surface area contributed by atoms with Crippen LogP contribution in [0.5, 0.6) is 0 Å². The lowest BCUT2D eigenvalue weighted by molar-refractivity contribution is 0.0377. The number of hydrogen-bond donors (Lipinski definition) is 0. The van der Waals surface area contributed by atoms with Crippen LogP contribution in [0.4, 0.5) is 0 Å². The predicted octanol–water partition coefficient (Wildman–Crippen LogP) is 4.00. The summed E-state index contributed by atoms with van der Waals surface area (Å²) in [5.41, 5.74) is 6.24. The van der Waals surface area contributed by atoms with Gasteiger partial charge in [0.15, 0.2) is 0 Å². The highest BCUT2D eigenvalue weighted by Crippen LogP contribution is 2.31. The molecule has 3 aromatic heterocycles. The Balaban J connectivity index is 1.89. The van der Waals surface area contributed by atoms with Gasteiger partial charge in [0.2, 0.25) is 0 Å². The third-order valence-corrected chi connectivity index (χ3v) is 5.68. The Kier molecular flexibility index (Phi) is 5.87. The number of carbonyl (C=O) groups is 1. The van der Waals surface area contributed by atoms with E-state index in [0.29, 0.717) is 18.8 Å². The number of esters is 1. The first kappa shape index (κ1) is 21.2. The van der Waals surface area contributed by atoms with Crippen molar-refractivity contribution in [3.63, 3.8) is 0 Å². The zero-order valence-electron chi connectivity index (χ0n) is 18.7. The third-order valence-electron chi connectivity index (χ3n) is 5.68. The van der Waals surface area contributed by atoms with E-state index in [1.165, 1.54) is 0 Å². The second-order valence-corrected chi connectivity index (χ2v) is 8.09. The van der Waals surface area contributed by atoms with Crippen molar-refractivity contribution in [3.8, 4) is 11.3 Å². The van der Waals surface area contributed by atoms with Gasteiger partial charge in [-0.05, 0) is 51.5 Å². The molecule has 0 unspecified atom stereocenters. The maximum absolute atomic E-state index is 12.9. The van der Waals surface area contributed by atoms with Gasteiger partial charge in [-0.25, -0.2) is 4.79 Å². The van der Waals surface area contributed by atoms with Crippen molar-refractivity contribution < 1.29 is 14.3 Å². The van der Waals surface area contributed by atoms with Gasteiger partial charge in [0.1, 0.15) is 0 Å². The van der Waals surface area contributed by atoms with Crippen molar-refractivity contribution in [1.29, 1.82) is 0 Å². The zero-order valence-corrected chi connectivity index (χ0v) is 18.7. The van der Waals surface area contributed by atoms with Crippen LogP contribution in [0, 0.1) is 6.92 Å². The molecule has 1 fully saturated rings. The Bertz CT molecular complexity index is 1120. The van der Waals surface area contributed by atoms with Gasteiger partial charge in [0.25, 0.3) is 0 Å². The lowest BCUT2D eigenvalue weighted by Gasteiger charge is -2.31. The second-order valence-electron chi connectivity index (χ2n) is 8.09. The Morgan fingerprint density at radius 1 is 1.29 bits per heavy atom. The minimum atomic E-state index is -0.313. The molecule has 3 aromatic rings. The van der Waals surface area contributed by atoms with E-state index < -0.39 is 0 Å². The fourth-order valence-electron chi connectivity index (χ4n) is 4.15. The van der Waals surface area contributed by atoms with Crippen LogP contribution in [-0.4, -0.2) is 57.5 Å². The Morgan fingerprint density at radius 3 is 2.71 bits per heavy atom. The van der Waals surface area contributed by atoms with Crippen molar-refractivity contribution in [2.75, 3.05) is 26.3 Å². The minimum Gasteiger partial charge on any atom is -0.459 e. The quantitative estimate of drug-likeness (QED) is 0.562. The van der Waals surface area contributed by atoms with Gasteiger partial charge in [-0.3, -0.25) is 4.68 Å². The molecular formula is C24H30N4O3. The third kappa shape index (κ3) is 3.97. The van der Waals surface area contributed by atoms with Crippen molar-refractivity contribution in [1.82, 2.24) is 19.1 Å². The number of ether oxygens (including phenoxy) is 2. The summed E-state index contributed by atoms with van der Waals surface area (Å²) in [5, 5.41) is 4.40. The molecule has 1 saturated heterocycles. The van der Waals surface area contributed by atoms with Crippen molar-refractivity contribution in [2.45, 2.75) is 40.3 Å². The number of hydrogen-bond acceptors (Lipinski definition) is 5. The molecule has 31 heavy (non-hydrogen) atoms. The van der Waals surface area contributed by atoms with Gasteiger partial charge in [-0.15, -0.1) is 0 Å². The fraction of sp³-hybridized carbons (Fsp3) is 0.417. The predicted molar refractivity (Wildman–Crippen MR) is 121 cm³/mol. The number of nitrogens with zero attached hydrogens (tertiary/aromatic N) is 4. The fourth-order valence-corrected chi connectivity index (χ4v) is 4.15. The van der Waals surface area contributed by atoms with E-state index in [1.807, 2.05) is 43.8 Å². The van der Waals surface area contributed by atoms with Gasteiger partial charge >= 0.3 is 5.97 Å². The van der Waals surface area contributed by atoms with Crippen LogP contribution in [0.1, 0.15) is 42.4 Å². The van der Waals surface area contributed by atoms with Gasteiger partial charge in [-0.1, -0.05) is 6.58 Å². The molecule has 4 rings (SSSR count). The van der Waals surface area contributed by atoms with Crippen molar-refractivity contribution >= 4 is 17.2 Å². The van der Waals surface area contributed by atoms with Crippen LogP contribution >= 0.6 is 0 Å². The summed E-state index contributed by atoms with van der Waals surface area (Å²) in [6.07, 6.45) is 3.73. The standard InChI is InChI=1S/C24H30N4O3/c1-6-28-22(7-8-25-28)19-13-20-14-21(24(29)31-16(2)3)17(4)23(27(20)15-19)18(5)26-9-11-30-12-10-26/h7-8,13-16H,5-6,9-12H2,1-4H3. The monoisotopic (exact) mass is 422 g/mol. The molecule has 164 valence electrons. The highest BCUT2D eigenvalue weighted by molar-refractivity contribution is 5.94. The number of aromatic nitrogens is 3. The van der Waals surface area contributed by atoms with E-state index in [9.17, 15) is 4.79 Å². The number of morpholine rings is 1. The summed E-state index contributed by atoms with van der Waals surface area (Å²) < 4.78 is 15.1. The van der Waals surface area contributed by atoms with Gasteiger partial charge < -0.3 is 18.8 Å².